The van der Waals surface area contributed by atoms with Crippen LogP contribution < -0.4 is 10.2 Å². The van der Waals surface area contributed by atoms with Gasteiger partial charge < -0.3 is 19.2 Å². The summed E-state index contributed by atoms with van der Waals surface area (Å²) in [5, 5.41) is 12.7. The number of anilines is 2. The van der Waals surface area contributed by atoms with Gasteiger partial charge in [0.05, 0.1) is 24.9 Å². The van der Waals surface area contributed by atoms with Crippen LogP contribution >= 0.6 is 0 Å². The van der Waals surface area contributed by atoms with Crippen LogP contribution in [-0.2, 0) is 11.3 Å². The van der Waals surface area contributed by atoms with Crippen molar-refractivity contribution in [2.45, 2.75) is 41.2 Å². The molecular formula is C24H28N4O2. The fraction of sp³-hybridized carbons (Fsp3) is 0.333. The zero-order chi connectivity index (χ0) is 21.8. The van der Waals surface area contributed by atoms with E-state index >= 15 is 0 Å². The smallest absolute Gasteiger partial charge is 0.245 e. The lowest BCUT2D eigenvalue weighted by Gasteiger charge is -2.24. The van der Waals surface area contributed by atoms with Gasteiger partial charge in [-0.05, 0) is 75.6 Å². The Morgan fingerprint density at radius 2 is 1.90 bits per heavy atom. The van der Waals surface area contributed by atoms with Gasteiger partial charge in [0.15, 0.2) is 0 Å². The number of hydrogen-bond acceptors (Lipinski definition) is 4. The largest absolute Gasteiger partial charge is 0.467 e. The second kappa shape index (κ2) is 8.91. The molecule has 0 aliphatic rings. The van der Waals surface area contributed by atoms with Gasteiger partial charge in [0.25, 0.3) is 0 Å². The molecule has 0 saturated carbocycles. The zero-order valence-electron chi connectivity index (χ0n) is 18.2. The number of benzene rings is 1. The number of likely N-dealkylation sites (N-methyl/N-ethyl adjacent to an activating group) is 1. The molecule has 6 heteroatoms. The molecule has 156 valence electrons. The summed E-state index contributed by atoms with van der Waals surface area (Å²) >= 11 is 0. The van der Waals surface area contributed by atoms with Gasteiger partial charge in [-0.25, -0.2) is 0 Å². The van der Waals surface area contributed by atoms with Gasteiger partial charge in [0, 0.05) is 17.9 Å². The van der Waals surface area contributed by atoms with Crippen LogP contribution in [0.2, 0.25) is 0 Å². The van der Waals surface area contributed by atoms with Gasteiger partial charge in [-0.15, -0.1) is 0 Å². The fourth-order valence-corrected chi connectivity index (χ4v) is 3.75. The molecule has 1 aromatic carbocycles. The van der Waals surface area contributed by atoms with Gasteiger partial charge in [-0.2, -0.15) is 5.26 Å². The van der Waals surface area contributed by atoms with E-state index < -0.39 is 0 Å². The summed E-state index contributed by atoms with van der Waals surface area (Å²) in [6.45, 7) is 11.3. The van der Waals surface area contributed by atoms with Crippen molar-refractivity contribution >= 4 is 17.4 Å². The second-order valence-corrected chi connectivity index (χ2v) is 7.62. The maximum absolute atomic E-state index is 13.0. The second-order valence-electron chi connectivity index (χ2n) is 7.62. The van der Waals surface area contributed by atoms with E-state index in [-0.39, 0.29) is 12.5 Å². The van der Waals surface area contributed by atoms with Crippen molar-refractivity contribution in [3.05, 3.63) is 70.3 Å². The van der Waals surface area contributed by atoms with Crippen LogP contribution in [0, 0.1) is 39.0 Å². The highest BCUT2D eigenvalue weighted by Crippen LogP contribution is 2.27. The standard InChI is InChI=1S/C24H28N4O2/c1-6-27(20-11-16(2)10-17(3)12-20)15-23(29)26-24-22(13-25)18(4)19(5)28(24)14-21-8-7-9-30-21/h7-12H,6,14-15H2,1-5H3,(H,26,29). The van der Waals surface area contributed by atoms with E-state index in [9.17, 15) is 10.1 Å². The van der Waals surface area contributed by atoms with Gasteiger partial charge in [0.2, 0.25) is 5.91 Å². The number of furan rings is 1. The minimum Gasteiger partial charge on any atom is -0.467 e. The van der Waals surface area contributed by atoms with E-state index in [1.54, 1.807) is 6.26 Å². The zero-order valence-corrected chi connectivity index (χ0v) is 18.2. The van der Waals surface area contributed by atoms with Crippen molar-refractivity contribution in [3.8, 4) is 6.07 Å². The third-order valence-electron chi connectivity index (χ3n) is 5.38. The third kappa shape index (κ3) is 4.41. The summed E-state index contributed by atoms with van der Waals surface area (Å²) in [6, 6.07) is 12.2. The Morgan fingerprint density at radius 1 is 1.20 bits per heavy atom. The highest BCUT2D eigenvalue weighted by Gasteiger charge is 2.21. The lowest BCUT2D eigenvalue weighted by atomic mass is 10.1. The average Bonchev–Trinajstić information content (AvgIpc) is 3.28. The summed E-state index contributed by atoms with van der Waals surface area (Å²) in [4.78, 5) is 15.0. The molecule has 0 fully saturated rings. The number of amides is 1. The molecule has 0 radical (unpaired) electrons. The Hall–Kier alpha value is -3.46. The number of carbonyl (C=O) groups is 1. The van der Waals surface area contributed by atoms with Crippen molar-refractivity contribution in [2.24, 2.45) is 0 Å². The molecule has 2 aromatic heterocycles. The van der Waals surface area contributed by atoms with E-state index in [1.165, 1.54) is 0 Å². The molecule has 3 rings (SSSR count). The molecule has 30 heavy (non-hydrogen) atoms. The first-order chi connectivity index (χ1) is 14.3. The summed E-state index contributed by atoms with van der Waals surface area (Å²) in [5.41, 5.74) is 5.62. The van der Waals surface area contributed by atoms with Crippen molar-refractivity contribution in [3.63, 3.8) is 0 Å². The van der Waals surface area contributed by atoms with Crippen molar-refractivity contribution in [1.82, 2.24) is 4.57 Å². The van der Waals surface area contributed by atoms with Gasteiger partial charge >= 0.3 is 0 Å². The summed E-state index contributed by atoms with van der Waals surface area (Å²) in [5.74, 6) is 1.12. The van der Waals surface area contributed by atoms with Gasteiger partial charge in [-0.1, -0.05) is 6.07 Å². The van der Waals surface area contributed by atoms with Gasteiger partial charge in [0.1, 0.15) is 17.6 Å². The van der Waals surface area contributed by atoms with E-state index in [2.05, 4.69) is 43.4 Å². The molecular weight excluding hydrogens is 376 g/mol. The van der Waals surface area contributed by atoms with Crippen LogP contribution in [0.3, 0.4) is 0 Å². The normalized spacial score (nSPS) is 10.7. The predicted octanol–water partition coefficient (Wildman–Crippen LogP) is 4.70. The molecule has 6 nitrogen and oxygen atoms in total. The topological polar surface area (TPSA) is 74.2 Å². The lowest BCUT2D eigenvalue weighted by molar-refractivity contribution is -0.115. The number of nitriles is 1. The first-order valence-electron chi connectivity index (χ1n) is 10.1. The summed E-state index contributed by atoms with van der Waals surface area (Å²) < 4.78 is 7.40. The number of aryl methyl sites for hydroxylation is 2. The summed E-state index contributed by atoms with van der Waals surface area (Å²) in [6.07, 6.45) is 1.62. The van der Waals surface area contributed by atoms with Crippen molar-refractivity contribution < 1.29 is 9.21 Å². The molecule has 0 aliphatic carbocycles. The van der Waals surface area contributed by atoms with Crippen molar-refractivity contribution in [1.29, 1.82) is 5.26 Å². The Bertz CT molecular complexity index is 1070. The predicted molar refractivity (Wildman–Crippen MR) is 119 cm³/mol. The van der Waals surface area contributed by atoms with Crippen LogP contribution in [0.5, 0.6) is 0 Å². The molecule has 3 aromatic rings. The molecule has 0 atom stereocenters. The Kier molecular flexibility index (Phi) is 6.31. The van der Waals surface area contributed by atoms with E-state index in [1.807, 2.05) is 42.4 Å². The van der Waals surface area contributed by atoms with Crippen molar-refractivity contribution in [2.75, 3.05) is 23.3 Å². The van der Waals surface area contributed by atoms with Crippen LogP contribution in [0.15, 0.2) is 41.0 Å². The first-order valence-corrected chi connectivity index (χ1v) is 10.1. The molecule has 1 amide bonds. The fourth-order valence-electron chi connectivity index (χ4n) is 3.75. The van der Waals surface area contributed by atoms with E-state index in [0.29, 0.717) is 24.5 Å². The monoisotopic (exact) mass is 404 g/mol. The van der Waals surface area contributed by atoms with E-state index in [0.717, 1.165) is 33.8 Å². The Labute approximate surface area is 177 Å². The van der Waals surface area contributed by atoms with Gasteiger partial charge in [-0.3, -0.25) is 4.79 Å². The number of aromatic nitrogens is 1. The molecule has 0 unspecified atom stereocenters. The molecule has 0 saturated heterocycles. The molecule has 1 N–H and O–H groups in total. The highest BCUT2D eigenvalue weighted by molar-refractivity contribution is 5.95. The maximum atomic E-state index is 13.0. The number of hydrogen-bond donors (Lipinski definition) is 1. The summed E-state index contributed by atoms with van der Waals surface area (Å²) in [7, 11) is 0. The van der Waals surface area contributed by atoms with E-state index in [4.69, 9.17) is 4.42 Å². The number of rotatable bonds is 7. The minimum atomic E-state index is -0.161. The number of nitrogens with zero attached hydrogens (tertiary/aromatic N) is 3. The number of nitrogens with one attached hydrogen (secondary N) is 1. The molecule has 2 heterocycles. The van der Waals surface area contributed by atoms with Crippen LogP contribution in [-0.4, -0.2) is 23.6 Å². The first kappa shape index (κ1) is 21.3. The minimum absolute atomic E-state index is 0.161. The molecule has 0 bridgehead atoms. The third-order valence-corrected chi connectivity index (χ3v) is 5.38. The quantitative estimate of drug-likeness (QED) is 0.619. The Balaban J connectivity index is 1.86. The molecule has 0 spiro atoms. The highest BCUT2D eigenvalue weighted by atomic mass is 16.3. The maximum Gasteiger partial charge on any atom is 0.245 e. The SMILES string of the molecule is CCN(CC(=O)Nc1c(C#N)c(C)c(C)n1Cc1ccco1)c1cc(C)cc(C)c1. The Morgan fingerprint density at radius 3 is 2.47 bits per heavy atom. The van der Waals surface area contributed by atoms with Crippen LogP contribution in [0.4, 0.5) is 11.5 Å². The van der Waals surface area contributed by atoms with Crippen LogP contribution in [0.1, 0.15) is 40.6 Å². The average molecular weight is 405 g/mol. The number of carbonyl (C=O) groups excluding carboxylic acids is 1. The van der Waals surface area contributed by atoms with Crippen LogP contribution in [0.25, 0.3) is 0 Å². The molecule has 0 aliphatic heterocycles. The lowest BCUT2D eigenvalue weighted by Crippen LogP contribution is -2.34.